The van der Waals surface area contributed by atoms with Gasteiger partial charge in [0.1, 0.15) is 0 Å². The van der Waals surface area contributed by atoms with Gasteiger partial charge in [-0.1, -0.05) is 18.2 Å². The molecule has 2 aromatic rings. The first kappa shape index (κ1) is 20.4. The van der Waals surface area contributed by atoms with Crippen molar-refractivity contribution in [1.29, 1.82) is 0 Å². The minimum absolute atomic E-state index is 0.0385. The van der Waals surface area contributed by atoms with Crippen molar-refractivity contribution in [3.8, 4) is 0 Å². The van der Waals surface area contributed by atoms with E-state index in [1.807, 2.05) is 6.07 Å². The van der Waals surface area contributed by atoms with E-state index in [9.17, 15) is 18.0 Å². The summed E-state index contributed by atoms with van der Waals surface area (Å²) in [5.74, 6) is -1.31. The summed E-state index contributed by atoms with van der Waals surface area (Å²) in [7, 11) is -3.77. The second-order valence-electron chi connectivity index (χ2n) is 6.25. The monoisotopic (exact) mass is 390 g/mol. The molecule has 7 nitrogen and oxygen atoms in total. The van der Waals surface area contributed by atoms with Gasteiger partial charge < -0.3 is 10.4 Å². The number of sulfonamides is 1. The molecule has 0 spiro atoms. The van der Waals surface area contributed by atoms with E-state index < -0.39 is 16.0 Å². The predicted molar refractivity (Wildman–Crippen MR) is 102 cm³/mol. The Morgan fingerprint density at radius 1 is 1.07 bits per heavy atom. The van der Waals surface area contributed by atoms with E-state index in [1.54, 1.807) is 32.0 Å². The molecule has 0 fully saturated rings. The Kier molecular flexibility index (Phi) is 6.57. The highest BCUT2D eigenvalue weighted by Crippen LogP contribution is 2.19. The highest BCUT2D eigenvalue weighted by atomic mass is 32.2. The molecule has 1 unspecified atom stereocenters. The summed E-state index contributed by atoms with van der Waals surface area (Å²) in [6.07, 6.45) is 0.275. The van der Waals surface area contributed by atoms with Crippen LogP contribution < -0.4 is 10.0 Å². The van der Waals surface area contributed by atoms with Crippen LogP contribution in [-0.2, 0) is 14.8 Å². The number of carboxylic acid groups (broad SMARTS) is 1. The Balaban J connectivity index is 2.06. The van der Waals surface area contributed by atoms with Crippen molar-refractivity contribution in [2.45, 2.75) is 37.6 Å². The summed E-state index contributed by atoms with van der Waals surface area (Å²) < 4.78 is 27.5. The maximum atomic E-state index is 12.5. The number of hydrogen-bond donors (Lipinski definition) is 3. The molecule has 0 saturated heterocycles. The van der Waals surface area contributed by atoms with Gasteiger partial charge in [-0.25, -0.2) is 8.42 Å². The van der Waals surface area contributed by atoms with Crippen LogP contribution in [0.1, 0.15) is 35.7 Å². The van der Waals surface area contributed by atoms with Crippen LogP contribution in [-0.4, -0.2) is 31.4 Å². The number of benzene rings is 2. The Labute approximate surface area is 158 Å². The number of carbonyl (C=O) groups excluding carboxylic acids is 1. The van der Waals surface area contributed by atoms with Crippen LogP contribution in [0.15, 0.2) is 53.4 Å². The molecule has 0 saturated carbocycles. The fourth-order valence-electron chi connectivity index (χ4n) is 2.40. The smallest absolute Gasteiger partial charge is 0.303 e. The lowest BCUT2D eigenvalue weighted by molar-refractivity contribution is -0.137. The highest BCUT2D eigenvalue weighted by Gasteiger charge is 2.17. The highest BCUT2D eigenvalue weighted by molar-refractivity contribution is 7.92. The van der Waals surface area contributed by atoms with Crippen molar-refractivity contribution in [2.24, 2.45) is 0 Å². The van der Waals surface area contributed by atoms with Crippen molar-refractivity contribution in [3.63, 3.8) is 0 Å². The first-order chi connectivity index (χ1) is 12.7. The Morgan fingerprint density at radius 2 is 1.70 bits per heavy atom. The number of para-hydroxylation sites is 1. The molecule has 1 amide bonds. The minimum Gasteiger partial charge on any atom is -0.481 e. The summed E-state index contributed by atoms with van der Waals surface area (Å²) in [4.78, 5) is 22.8. The third-order valence-corrected chi connectivity index (χ3v) is 5.37. The molecule has 144 valence electrons. The molecule has 8 heteroatoms. The van der Waals surface area contributed by atoms with Gasteiger partial charge in [-0.2, -0.15) is 0 Å². The van der Waals surface area contributed by atoms with Crippen molar-refractivity contribution >= 4 is 27.6 Å². The van der Waals surface area contributed by atoms with Crippen molar-refractivity contribution in [1.82, 2.24) is 5.32 Å². The van der Waals surface area contributed by atoms with Gasteiger partial charge in [0.05, 0.1) is 10.6 Å². The van der Waals surface area contributed by atoms with Crippen LogP contribution >= 0.6 is 0 Å². The lowest BCUT2D eigenvalue weighted by Crippen LogP contribution is -2.32. The largest absolute Gasteiger partial charge is 0.481 e. The van der Waals surface area contributed by atoms with Gasteiger partial charge in [0.2, 0.25) is 0 Å². The van der Waals surface area contributed by atoms with Gasteiger partial charge in [0, 0.05) is 18.0 Å². The van der Waals surface area contributed by atoms with Crippen LogP contribution in [0.3, 0.4) is 0 Å². The number of nitrogens with one attached hydrogen (secondary N) is 2. The normalized spacial score (nSPS) is 12.2. The molecular formula is C19H22N2O5S. The summed E-state index contributed by atoms with van der Waals surface area (Å²) in [5, 5.41) is 11.4. The van der Waals surface area contributed by atoms with Gasteiger partial charge in [-0.3, -0.25) is 14.3 Å². The SMILES string of the molecule is Cc1ccccc1NS(=O)(=O)c1ccc(C(=O)NC(C)CCC(=O)O)cc1. The maximum absolute atomic E-state index is 12.5. The molecule has 3 N–H and O–H groups in total. The Bertz CT molecular complexity index is 923. The summed E-state index contributed by atoms with van der Waals surface area (Å²) >= 11 is 0. The minimum atomic E-state index is -3.77. The topological polar surface area (TPSA) is 113 Å². The van der Waals surface area contributed by atoms with Crippen LogP contribution in [0.25, 0.3) is 0 Å². The number of aryl methyl sites for hydroxylation is 1. The van der Waals surface area contributed by atoms with Gasteiger partial charge in [0.15, 0.2) is 0 Å². The number of carboxylic acids is 1. The van der Waals surface area contributed by atoms with Crippen molar-refractivity contribution in [3.05, 3.63) is 59.7 Å². The summed E-state index contributed by atoms with van der Waals surface area (Å²) in [6, 6.07) is 12.3. The van der Waals surface area contributed by atoms with Crippen LogP contribution in [0.4, 0.5) is 5.69 Å². The Morgan fingerprint density at radius 3 is 2.30 bits per heavy atom. The number of amides is 1. The molecule has 1 atom stereocenters. The zero-order chi connectivity index (χ0) is 20.0. The molecular weight excluding hydrogens is 368 g/mol. The number of anilines is 1. The van der Waals surface area contributed by atoms with E-state index in [1.165, 1.54) is 24.3 Å². The number of hydrogen-bond acceptors (Lipinski definition) is 4. The first-order valence-corrected chi connectivity index (χ1v) is 9.88. The molecule has 0 aliphatic rings. The first-order valence-electron chi connectivity index (χ1n) is 8.40. The number of rotatable bonds is 8. The fraction of sp³-hybridized carbons (Fsp3) is 0.263. The Hall–Kier alpha value is -2.87. The molecule has 2 aromatic carbocycles. The van der Waals surface area contributed by atoms with Crippen molar-refractivity contribution < 1.29 is 23.1 Å². The molecule has 0 heterocycles. The van der Waals surface area contributed by atoms with Crippen molar-refractivity contribution in [2.75, 3.05) is 4.72 Å². The second-order valence-corrected chi connectivity index (χ2v) is 7.93. The number of aliphatic carboxylic acids is 1. The second kappa shape index (κ2) is 8.68. The summed E-state index contributed by atoms with van der Waals surface area (Å²) in [5.41, 5.74) is 1.59. The molecule has 0 aliphatic carbocycles. The average Bonchev–Trinajstić information content (AvgIpc) is 2.62. The van der Waals surface area contributed by atoms with Gasteiger partial charge in [-0.05, 0) is 56.2 Å². The van der Waals surface area contributed by atoms with E-state index in [-0.39, 0.29) is 23.3 Å². The average molecular weight is 390 g/mol. The fourth-order valence-corrected chi connectivity index (χ4v) is 3.53. The molecule has 27 heavy (non-hydrogen) atoms. The molecule has 0 aliphatic heterocycles. The van der Waals surface area contributed by atoms with E-state index in [0.717, 1.165) is 5.56 Å². The lowest BCUT2D eigenvalue weighted by atomic mass is 10.1. The van der Waals surface area contributed by atoms with E-state index in [0.29, 0.717) is 17.7 Å². The third-order valence-electron chi connectivity index (χ3n) is 3.98. The van der Waals surface area contributed by atoms with Gasteiger partial charge >= 0.3 is 5.97 Å². The van der Waals surface area contributed by atoms with E-state index in [4.69, 9.17) is 5.11 Å². The van der Waals surface area contributed by atoms with Gasteiger partial charge in [-0.15, -0.1) is 0 Å². The van der Waals surface area contributed by atoms with Crippen LogP contribution in [0, 0.1) is 6.92 Å². The molecule has 0 aromatic heterocycles. The van der Waals surface area contributed by atoms with Gasteiger partial charge in [0.25, 0.3) is 15.9 Å². The van der Waals surface area contributed by atoms with E-state index >= 15 is 0 Å². The molecule has 0 bridgehead atoms. The predicted octanol–water partition coefficient (Wildman–Crippen LogP) is 2.78. The van der Waals surface area contributed by atoms with Crippen LogP contribution in [0.2, 0.25) is 0 Å². The third kappa shape index (κ3) is 5.82. The standard InChI is InChI=1S/C19H22N2O5S/c1-13-5-3-4-6-17(13)21-27(25,26)16-10-8-15(9-11-16)19(24)20-14(2)7-12-18(22)23/h3-6,8-11,14,21H,7,12H2,1-2H3,(H,20,24)(H,22,23). The van der Waals surface area contributed by atoms with E-state index in [2.05, 4.69) is 10.0 Å². The quantitative estimate of drug-likeness (QED) is 0.641. The maximum Gasteiger partial charge on any atom is 0.303 e. The zero-order valence-corrected chi connectivity index (χ0v) is 15.9. The molecule has 2 rings (SSSR count). The lowest BCUT2D eigenvalue weighted by Gasteiger charge is -2.13. The number of carbonyl (C=O) groups is 2. The van der Waals surface area contributed by atoms with Crippen LogP contribution in [0.5, 0.6) is 0 Å². The zero-order valence-electron chi connectivity index (χ0n) is 15.1. The summed E-state index contributed by atoms with van der Waals surface area (Å²) in [6.45, 7) is 3.52. The molecule has 0 radical (unpaired) electrons.